The summed E-state index contributed by atoms with van der Waals surface area (Å²) >= 11 is 0. The van der Waals surface area contributed by atoms with Gasteiger partial charge < -0.3 is 24.4 Å². The van der Waals surface area contributed by atoms with Crippen molar-refractivity contribution in [1.29, 1.82) is 0 Å². The van der Waals surface area contributed by atoms with Crippen molar-refractivity contribution in [3.05, 3.63) is 35.9 Å². The largest absolute Gasteiger partial charge is 0.458 e. The van der Waals surface area contributed by atoms with E-state index < -0.39 is 0 Å². The first-order chi connectivity index (χ1) is 36.5. The van der Waals surface area contributed by atoms with Gasteiger partial charge in [0.15, 0.2) is 6.29 Å². The zero-order valence-electron chi connectivity index (χ0n) is 48.8. The highest BCUT2D eigenvalue weighted by Crippen LogP contribution is 2.69. The van der Waals surface area contributed by atoms with Crippen molar-refractivity contribution in [1.82, 2.24) is 0 Å². The third-order valence-corrected chi connectivity index (χ3v) is 28.2. The molecule has 0 aromatic heterocycles. The van der Waals surface area contributed by atoms with Crippen LogP contribution in [0.5, 0.6) is 0 Å². The summed E-state index contributed by atoms with van der Waals surface area (Å²) in [7, 11) is 0. The molecule has 7 heteroatoms. The van der Waals surface area contributed by atoms with E-state index in [0.29, 0.717) is 45.5 Å². The lowest BCUT2D eigenvalue weighted by Crippen LogP contribution is -2.54. The number of aliphatic hydroxyl groups is 2. The summed E-state index contributed by atoms with van der Waals surface area (Å²) in [5.41, 5.74) is 2.61. The first-order valence-corrected chi connectivity index (χ1v) is 32.9. The van der Waals surface area contributed by atoms with Gasteiger partial charge in [-0.05, 0) is 285 Å². The fraction of sp³-hybridized carbons (Fsp3) is 0.884. The second kappa shape index (κ2) is 21.2. The summed E-state index contributed by atoms with van der Waals surface area (Å²) in [5, 5.41) is 20.8. The molecule has 13 aliphatic rings. The van der Waals surface area contributed by atoms with Gasteiger partial charge in [0.1, 0.15) is 11.9 Å². The number of hydrogen-bond acceptors (Lipinski definition) is 7. The van der Waals surface area contributed by atoms with Gasteiger partial charge in [-0.1, -0.05) is 72.6 Å². The van der Waals surface area contributed by atoms with Gasteiger partial charge in [0.2, 0.25) is 0 Å². The van der Waals surface area contributed by atoms with Crippen LogP contribution in [0.25, 0.3) is 0 Å². The Balaban J connectivity index is 0.000000117. The maximum Gasteiger partial charge on any atom is 0.338 e. The average Bonchev–Trinajstić information content (AvgIpc) is 4.10. The third kappa shape index (κ3) is 9.32. The van der Waals surface area contributed by atoms with E-state index in [1.165, 1.54) is 161 Å². The van der Waals surface area contributed by atoms with Gasteiger partial charge in [-0.25, -0.2) is 4.79 Å². The molecule has 1 aromatic rings. The second-order valence-corrected chi connectivity index (χ2v) is 30.9. The molecule has 0 bridgehead atoms. The lowest BCUT2D eigenvalue weighted by atomic mass is 9.45. The average molecular weight is 1050 g/mol. The lowest BCUT2D eigenvalue weighted by Gasteiger charge is -2.61. The summed E-state index contributed by atoms with van der Waals surface area (Å²) in [6.07, 6.45) is 39.3. The van der Waals surface area contributed by atoms with Gasteiger partial charge in [-0.15, -0.1) is 0 Å². The quantitative estimate of drug-likeness (QED) is 0.229. The van der Waals surface area contributed by atoms with Gasteiger partial charge in [0.25, 0.3) is 0 Å². The number of hydrogen-bond donors (Lipinski definition) is 2. The number of Topliss-reactive ketones (excluding diaryl/α,β-unsaturated/α-hetero) is 1. The van der Waals surface area contributed by atoms with Crippen LogP contribution in [-0.2, 0) is 19.0 Å². The van der Waals surface area contributed by atoms with Gasteiger partial charge >= 0.3 is 5.97 Å². The van der Waals surface area contributed by atoms with Crippen molar-refractivity contribution in [2.24, 2.45) is 104 Å². The van der Waals surface area contributed by atoms with Crippen molar-refractivity contribution >= 4 is 11.8 Å². The molecule has 1 aromatic carbocycles. The van der Waals surface area contributed by atoms with E-state index in [1.54, 1.807) is 0 Å². The summed E-state index contributed by atoms with van der Waals surface area (Å²) in [4.78, 5) is 25.1. The van der Waals surface area contributed by atoms with E-state index in [1.807, 2.05) is 30.3 Å². The Morgan fingerprint density at radius 3 is 1.80 bits per heavy atom. The number of rotatable bonds is 4. The number of carbonyl (C=O) groups excluding carboxylic acids is 2. The number of fused-ring (bicyclic) bond motifs is 15. The van der Waals surface area contributed by atoms with E-state index in [-0.39, 0.29) is 46.8 Å². The van der Waals surface area contributed by atoms with E-state index in [2.05, 4.69) is 41.5 Å². The van der Waals surface area contributed by atoms with E-state index in [4.69, 9.17) is 14.2 Å². The fourth-order valence-electron chi connectivity index (χ4n) is 23.6. The number of aliphatic hydroxyl groups excluding tert-OH is 2. The molecule has 0 amide bonds. The molecule has 1 saturated heterocycles. The molecular formula is C69H106O7. The smallest absolute Gasteiger partial charge is 0.338 e. The molecule has 13 fully saturated rings. The van der Waals surface area contributed by atoms with Crippen LogP contribution in [0.2, 0.25) is 0 Å². The maximum absolute atomic E-state index is 12.7. The Bertz CT molecular complexity index is 2210. The van der Waals surface area contributed by atoms with Crippen LogP contribution in [-0.4, -0.2) is 59.3 Å². The predicted octanol–water partition coefficient (Wildman–Crippen LogP) is 15.9. The molecular weight excluding hydrogens is 941 g/mol. The van der Waals surface area contributed by atoms with Crippen LogP contribution >= 0.6 is 0 Å². The molecule has 23 atom stereocenters. The van der Waals surface area contributed by atoms with Crippen molar-refractivity contribution in [2.75, 3.05) is 6.61 Å². The molecule has 7 nitrogen and oxygen atoms in total. The first kappa shape index (κ1) is 54.8. The van der Waals surface area contributed by atoms with Crippen molar-refractivity contribution < 1.29 is 34.0 Å². The van der Waals surface area contributed by atoms with E-state index in [0.717, 1.165) is 104 Å². The summed E-state index contributed by atoms with van der Waals surface area (Å²) in [5.74, 6) is 10.3. The molecule has 424 valence electrons. The van der Waals surface area contributed by atoms with Gasteiger partial charge in [0.05, 0.1) is 23.9 Å². The van der Waals surface area contributed by atoms with Crippen LogP contribution in [0.3, 0.4) is 0 Å². The molecule has 14 unspecified atom stereocenters. The summed E-state index contributed by atoms with van der Waals surface area (Å²) in [6, 6.07) is 9.45. The van der Waals surface area contributed by atoms with Crippen molar-refractivity contribution in [2.45, 2.75) is 271 Å². The Morgan fingerprint density at radius 1 is 0.513 bits per heavy atom. The summed E-state index contributed by atoms with van der Waals surface area (Å²) in [6.45, 7) is 15.8. The summed E-state index contributed by atoms with van der Waals surface area (Å²) < 4.78 is 18.4. The van der Waals surface area contributed by atoms with Gasteiger partial charge in [-0.2, -0.15) is 0 Å². The highest BCUT2D eigenvalue weighted by molar-refractivity contribution is 5.89. The lowest BCUT2D eigenvalue weighted by molar-refractivity contribution is -0.212. The standard InChI is InChI=1S/C26H36O3.C24H40O3.C19H30O/c1-25-14-12-19(27)16-18(25)8-9-20-21-10-11-23(26(21,2)15-13-22(20)25)29-24(28)17-6-4-3-5-7-17;1-23-12-10-17(27-22-5-3-4-14-26-22)15-16(23)6-7-18-19-8-9-21(25)24(19,2)13-11-20(18)23;1-18-11-4-3-5-13(18)6-7-14-15-8-9-17(20)19(15,2)12-10-16(14)18/h3-7,18-23,27H,8-16H2,1-2H3;16-22,25H,3-15H2,1-2H3;13-16H,3-12H2,1-2H3/t18-,19?,20?,21?,22?,23?,25-,26-;16-,17?,18?,19?,20?,21?,22?,23-,24-;13-,14?,15?,16?,18+,19-/m001/s1. The minimum Gasteiger partial charge on any atom is -0.458 e. The minimum atomic E-state index is -0.156. The number of ketones is 1. The molecule has 1 heterocycles. The zero-order valence-corrected chi connectivity index (χ0v) is 48.8. The zero-order chi connectivity index (χ0) is 52.8. The maximum atomic E-state index is 12.7. The molecule has 12 aliphatic carbocycles. The van der Waals surface area contributed by atoms with Crippen LogP contribution in [0.15, 0.2) is 30.3 Å². The molecule has 0 radical (unpaired) electrons. The molecule has 12 saturated carbocycles. The van der Waals surface area contributed by atoms with Crippen LogP contribution in [0.4, 0.5) is 0 Å². The van der Waals surface area contributed by atoms with Crippen molar-refractivity contribution in [3.8, 4) is 0 Å². The Kier molecular flexibility index (Phi) is 15.3. The molecule has 14 rings (SSSR count). The van der Waals surface area contributed by atoms with E-state index in [9.17, 15) is 19.8 Å². The van der Waals surface area contributed by atoms with Gasteiger partial charge in [0, 0.05) is 23.9 Å². The third-order valence-electron chi connectivity index (χ3n) is 28.2. The topological polar surface area (TPSA) is 102 Å². The monoisotopic (exact) mass is 1050 g/mol. The van der Waals surface area contributed by atoms with Crippen molar-refractivity contribution in [3.63, 3.8) is 0 Å². The first-order valence-electron chi connectivity index (χ1n) is 32.9. The molecule has 0 spiro atoms. The Hall–Kier alpha value is -1.80. The Labute approximate surface area is 461 Å². The number of esters is 1. The molecule has 1 aliphatic heterocycles. The second-order valence-electron chi connectivity index (χ2n) is 30.9. The number of ether oxygens (including phenoxy) is 3. The highest BCUT2D eigenvalue weighted by atomic mass is 16.7. The van der Waals surface area contributed by atoms with Crippen LogP contribution in [0, 0.1) is 104 Å². The SMILES string of the molecule is C[C@@]12CCC3C(CC[C@H]4CCCC[C@]34C)C1CCC2=O.C[C@]12CCC3C(CC[C@H]4CC(O)CC[C@]34C)C1CCC2OC(=O)c1ccccc1.C[C@]12CCC3C(CC[C@H]4CC(OC5CCCCO5)CC[C@]34C)C1CCC2O. The van der Waals surface area contributed by atoms with E-state index >= 15 is 0 Å². The number of benzene rings is 1. The number of carbonyl (C=O) groups is 2. The molecule has 76 heavy (non-hydrogen) atoms. The van der Waals surface area contributed by atoms with Crippen LogP contribution < -0.4 is 0 Å². The fourth-order valence-corrected chi connectivity index (χ4v) is 23.6. The minimum absolute atomic E-state index is 0.0476. The highest BCUT2D eigenvalue weighted by Gasteiger charge is 2.64. The van der Waals surface area contributed by atoms with Crippen LogP contribution in [0.1, 0.15) is 251 Å². The predicted molar refractivity (Wildman–Crippen MR) is 301 cm³/mol. The normalized spacial score (nSPS) is 51.8. The Morgan fingerprint density at radius 2 is 1.09 bits per heavy atom. The van der Waals surface area contributed by atoms with Gasteiger partial charge in [-0.3, -0.25) is 4.79 Å². The molecule has 2 N–H and O–H groups in total.